The third-order valence-electron chi connectivity index (χ3n) is 2.09. The van der Waals surface area contributed by atoms with E-state index in [0.29, 0.717) is 11.3 Å². The van der Waals surface area contributed by atoms with Gasteiger partial charge in [-0.05, 0) is 18.2 Å². The highest BCUT2D eigenvalue weighted by Gasteiger charge is 2.11. The molecule has 0 radical (unpaired) electrons. The summed E-state index contributed by atoms with van der Waals surface area (Å²) in [6.45, 7) is 9.62. The van der Waals surface area contributed by atoms with Crippen molar-refractivity contribution in [2.24, 2.45) is 0 Å². The molecule has 0 unspecified atom stereocenters. The van der Waals surface area contributed by atoms with E-state index in [4.69, 9.17) is 4.74 Å². The van der Waals surface area contributed by atoms with Gasteiger partial charge in [-0.1, -0.05) is 37.9 Å². The van der Waals surface area contributed by atoms with Crippen LogP contribution in [0.15, 0.2) is 36.4 Å². The van der Waals surface area contributed by atoms with Crippen molar-refractivity contribution in [3.05, 3.63) is 36.4 Å². The van der Waals surface area contributed by atoms with Crippen molar-refractivity contribution in [3.8, 4) is 5.75 Å². The van der Waals surface area contributed by atoms with E-state index in [1.165, 1.54) is 5.19 Å². The molecule has 2 nitrogen and oxygen atoms in total. The maximum absolute atomic E-state index is 11.4. The van der Waals surface area contributed by atoms with E-state index in [0.717, 1.165) is 0 Å². The summed E-state index contributed by atoms with van der Waals surface area (Å²) >= 11 is 0. The molecule has 0 aliphatic heterocycles. The van der Waals surface area contributed by atoms with Gasteiger partial charge in [0.05, 0.1) is 8.80 Å². The maximum Gasteiger partial charge on any atom is 0.338 e. The molecule has 1 aromatic rings. The summed E-state index contributed by atoms with van der Waals surface area (Å²) in [5, 5.41) is 1.17. The number of ether oxygens (including phenoxy) is 1. The average Bonchev–Trinajstić information content (AvgIpc) is 2.18. The van der Waals surface area contributed by atoms with Crippen molar-refractivity contribution in [2.45, 2.75) is 20.0 Å². The summed E-state index contributed by atoms with van der Waals surface area (Å²) in [6, 6.07) is 7.71. The lowest BCUT2D eigenvalue weighted by Crippen LogP contribution is -2.26. The zero-order chi connectivity index (χ0) is 11.4. The third-order valence-corrected chi connectivity index (χ3v) is 3.81. The average molecular weight is 220 g/mol. The Morgan fingerprint density at radius 3 is 2.47 bits per heavy atom. The summed E-state index contributed by atoms with van der Waals surface area (Å²) in [7, 11) is -0.965. The molecule has 1 aromatic carbocycles. The fourth-order valence-electron chi connectivity index (χ4n) is 1.24. The molecule has 0 saturated carbocycles. The van der Waals surface area contributed by atoms with E-state index in [1.54, 1.807) is 6.92 Å². The molecule has 0 N–H and O–H groups in total. The standard InChI is InChI=1S/C12H16O2Si/c1-9(2)12(13)14-10-7-5-6-8-11(10)15(3)4/h5-8,15H,1H2,2-4H3. The minimum Gasteiger partial charge on any atom is -0.423 e. The Balaban J connectivity index is 2.94. The Hall–Kier alpha value is -1.35. The molecule has 1 rings (SSSR count). The Labute approximate surface area is 92.2 Å². The van der Waals surface area contributed by atoms with Gasteiger partial charge in [0.1, 0.15) is 5.75 Å². The number of para-hydroxylation sites is 1. The van der Waals surface area contributed by atoms with Crippen LogP contribution in [-0.2, 0) is 4.79 Å². The summed E-state index contributed by atoms with van der Waals surface area (Å²) in [5.74, 6) is 0.337. The quantitative estimate of drug-likeness (QED) is 0.336. The van der Waals surface area contributed by atoms with Gasteiger partial charge in [-0.3, -0.25) is 0 Å². The fraction of sp³-hybridized carbons (Fsp3) is 0.250. The molecule has 0 spiro atoms. The number of hydrogen-bond acceptors (Lipinski definition) is 2. The Morgan fingerprint density at radius 2 is 1.93 bits per heavy atom. The molecule has 0 aromatic heterocycles. The molecule has 0 atom stereocenters. The van der Waals surface area contributed by atoms with Crippen LogP contribution >= 0.6 is 0 Å². The third kappa shape index (κ3) is 3.06. The smallest absolute Gasteiger partial charge is 0.338 e. The normalized spacial score (nSPS) is 10.1. The van der Waals surface area contributed by atoms with E-state index in [1.807, 2.05) is 24.3 Å². The van der Waals surface area contributed by atoms with Crippen LogP contribution in [0, 0.1) is 0 Å². The van der Waals surface area contributed by atoms with Crippen molar-refractivity contribution in [3.63, 3.8) is 0 Å². The van der Waals surface area contributed by atoms with Crippen LogP contribution in [-0.4, -0.2) is 14.8 Å². The summed E-state index contributed by atoms with van der Waals surface area (Å²) in [5.41, 5.74) is 0.426. The SMILES string of the molecule is C=C(C)C(=O)Oc1ccccc1[SiH](C)C. The van der Waals surface area contributed by atoms with Gasteiger partial charge in [-0.25, -0.2) is 4.79 Å². The van der Waals surface area contributed by atoms with E-state index in [-0.39, 0.29) is 5.97 Å². The first kappa shape index (κ1) is 11.7. The molecule has 80 valence electrons. The second kappa shape index (κ2) is 4.93. The van der Waals surface area contributed by atoms with Crippen molar-refractivity contribution in [1.29, 1.82) is 0 Å². The second-order valence-corrected chi connectivity index (χ2v) is 6.79. The summed E-state index contributed by atoms with van der Waals surface area (Å²) < 4.78 is 5.26. The number of carbonyl (C=O) groups excluding carboxylic acids is 1. The molecule has 0 fully saturated rings. The lowest BCUT2D eigenvalue weighted by atomic mass is 10.3. The summed E-state index contributed by atoms with van der Waals surface area (Å²) in [6.07, 6.45) is 0. The van der Waals surface area contributed by atoms with Gasteiger partial charge in [0.15, 0.2) is 0 Å². The van der Waals surface area contributed by atoms with E-state index in [2.05, 4.69) is 19.7 Å². The molecule has 0 heterocycles. The highest BCUT2D eigenvalue weighted by atomic mass is 28.3. The number of esters is 1. The Bertz CT molecular complexity index is 383. The number of benzene rings is 1. The van der Waals surface area contributed by atoms with Gasteiger partial charge in [0.2, 0.25) is 0 Å². The minimum absolute atomic E-state index is 0.350. The molecule has 0 aliphatic carbocycles. The Kier molecular flexibility index (Phi) is 3.86. The van der Waals surface area contributed by atoms with Gasteiger partial charge >= 0.3 is 5.97 Å². The van der Waals surface area contributed by atoms with Crippen molar-refractivity contribution in [2.75, 3.05) is 0 Å². The highest BCUT2D eigenvalue weighted by molar-refractivity contribution is 6.71. The first-order valence-electron chi connectivity index (χ1n) is 4.99. The van der Waals surface area contributed by atoms with Crippen LogP contribution in [0.3, 0.4) is 0 Å². The van der Waals surface area contributed by atoms with Gasteiger partial charge in [0, 0.05) is 5.57 Å². The monoisotopic (exact) mass is 220 g/mol. The van der Waals surface area contributed by atoms with Crippen molar-refractivity contribution >= 4 is 20.0 Å². The molecular weight excluding hydrogens is 204 g/mol. The number of hydrogen-bond donors (Lipinski definition) is 0. The van der Waals surface area contributed by atoms with Gasteiger partial charge in [0.25, 0.3) is 0 Å². The van der Waals surface area contributed by atoms with E-state index in [9.17, 15) is 4.79 Å². The molecular formula is C12H16O2Si. The zero-order valence-corrected chi connectivity index (χ0v) is 10.6. The first-order chi connectivity index (χ1) is 7.02. The predicted molar refractivity (Wildman–Crippen MR) is 65.4 cm³/mol. The van der Waals surface area contributed by atoms with Crippen LogP contribution in [0.1, 0.15) is 6.92 Å². The van der Waals surface area contributed by atoms with Crippen LogP contribution in [0.25, 0.3) is 0 Å². The zero-order valence-electron chi connectivity index (χ0n) is 9.41. The number of carbonyl (C=O) groups is 1. The van der Waals surface area contributed by atoms with E-state index < -0.39 is 8.80 Å². The van der Waals surface area contributed by atoms with Gasteiger partial charge < -0.3 is 4.74 Å². The van der Waals surface area contributed by atoms with Crippen LogP contribution in [0.5, 0.6) is 5.75 Å². The molecule has 0 amide bonds. The van der Waals surface area contributed by atoms with Crippen molar-refractivity contribution in [1.82, 2.24) is 0 Å². The van der Waals surface area contributed by atoms with Crippen LogP contribution < -0.4 is 9.92 Å². The predicted octanol–water partition coefficient (Wildman–Crippen LogP) is 1.86. The lowest BCUT2D eigenvalue weighted by molar-refractivity contribution is -0.130. The number of rotatable bonds is 3. The topological polar surface area (TPSA) is 26.3 Å². The second-order valence-electron chi connectivity index (χ2n) is 3.86. The van der Waals surface area contributed by atoms with Gasteiger partial charge in [-0.15, -0.1) is 0 Å². The molecule has 3 heteroatoms. The highest BCUT2D eigenvalue weighted by Crippen LogP contribution is 2.10. The Morgan fingerprint density at radius 1 is 1.33 bits per heavy atom. The van der Waals surface area contributed by atoms with E-state index >= 15 is 0 Å². The van der Waals surface area contributed by atoms with Crippen molar-refractivity contribution < 1.29 is 9.53 Å². The lowest BCUT2D eigenvalue weighted by Gasteiger charge is -2.11. The first-order valence-corrected chi connectivity index (χ1v) is 7.87. The van der Waals surface area contributed by atoms with Gasteiger partial charge in [-0.2, -0.15) is 0 Å². The fourth-order valence-corrected chi connectivity index (χ4v) is 2.46. The van der Waals surface area contributed by atoms with Crippen LogP contribution in [0.2, 0.25) is 13.1 Å². The largest absolute Gasteiger partial charge is 0.423 e. The van der Waals surface area contributed by atoms with Crippen LogP contribution in [0.4, 0.5) is 0 Å². The maximum atomic E-state index is 11.4. The molecule has 15 heavy (non-hydrogen) atoms. The molecule has 0 saturated heterocycles. The minimum atomic E-state index is -0.965. The molecule has 0 aliphatic rings. The summed E-state index contributed by atoms with van der Waals surface area (Å²) in [4.78, 5) is 11.4. The molecule has 0 bridgehead atoms.